The van der Waals surface area contributed by atoms with Crippen molar-refractivity contribution in [2.24, 2.45) is 0 Å². The van der Waals surface area contributed by atoms with Crippen LogP contribution in [-0.2, 0) is 10.7 Å². The van der Waals surface area contributed by atoms with Gasteiger partial charge >= 0.3 is 5.92 Å². The van der Waals surface area contributed by atoms with E-state index in [1.54, 1.807) is 13.0 Å². The van der Waals surface area contributed by atoms with E-state index in [-0.39, 0.29) is 5.56 Å². The van der Waals surface area contributed by atoms with E-state index in [4.69, 9.17) is 0 Å². The topological polar surface area (TPSA) is 32.3 Å². The summed E-state index contributed by atoms with van der Waals surface area (Å²) < 4.78 is 28.5. The normalized spacial score (nSPS) is 16.5. The number of nitrogens with one attached hydrogen (secondary N) is 1. The molecular weight excluding hydrogens is 250 g/mol. The van der Waals surface area contributed by atoms with Gasteiger partial charge in [0.15, 0.2) is 0 Å². The maximum Gasteiger partial charge on any atom is 0.349 e. The van der Waals surface area contributed by atoms with Gasteiger partial charge in [0.1, 0.15) is 0 Å². The molecule has 0 spiro atoms. The number of carbonyl (C=O) groups is 1. The Bertz CT molecular complexity index is 482. The molecule has 19 heavy (non-hydrogen) atoms. The van der Waals surface area contributed by atoms with Gasteiger partial charge in [0, 0.05) is 31.7 Å². The Kier molecular flexibility index (Phi) is 3.85. The highest BCUT2D eigenvalue weighted by molar-refractivity contribution is 5.85. The van der Waals surface area contributed by atoms with Crippen molar-refractivity contribution in [2.45, 2.75) is 19.8 Å². The van der Waals surface area contributed by atoms with E-state index in [1.807, 2.05) is 6.92 Å². The van der Waals surface area contributed by atoms with E-state index in [2.05, 4.69) is 5.32 Å². The van der Waals surface area contributed by atoms with Gasteiger partial charge in [-0.05, 0) is 31.0 Å². The average molecular weight is 268 g/mol. The molecule has 1 aliphatic rings. The van der Waals surface area contributed by atoms with E-state index in [0.29, 0.717) is 26.2 Å². The van der Waals surface area contributed by atoms with Crippen molar-refractivity contribution in [2.75, 3.05) is 26.2 Å². The molecule has 0 aromatic heterocycles. The van der Waals surface area contributed by atoms with Crippen LogP contribution >= 0.6 is 0 Å². The van der Waals surface area contributed by atoms with Gasteiger partial charge in [0.25, 0.3) is 5.91 Å². The van der Waals surface area contributed by atoms with Crippen LogP contribution in [0.1, 0.15) is 16.7 Å². The zero-order valence-corrected chi connectivity index (χ0v) is 11.2. The molecule has 104 valence electrons. The zero-order valence-electron chi connectivity index (χ0n) is 11.2. The molecule has 1 N–H and O–H groups in total. The van der Waals surface area contributed by atoms with E-state index < -0.39 is 11.8 Å². The van der Waals surface area contributed by atoms with Gasteiger partial charge in [-0.3, -0.25) is 4.79 Å². The fourth-order valence-electron chi connectivity index (χ4n) is 2.13. The maximum absolute atomic E-state index is 14.2. The van der Waals surface area contributed by atoms with Gasteiger partial charge in [-0.25, -0.2) is 0 Å². The first kappa shape index (κ1) is 13.9. The maximum atomic E-state index is 14.2. The summed E-state index contributed by atoms with van der Waals surface area (Å²) in [5.41, 5.74) is 1.48. The summed E-state index contributed by atoms with van der Waals surface area (Å²) in [7, 11) is 0. The summed E-state index contributed by atoms with van der Waals surface area (Å²) in [6.45, 7) is 5.42. The lowest BCUT2D eigenvalue weighted by Crippen LogP contribution is -2.51. The first-order valence-electron chi connectivity index (χ1n) is 6.38. The Labute approximate surface area is 111 Å². The third-order valence-electron chi connectivity index (χ3n) is 3.54. The minimum absolute atomic E-state index is 0.223. The quantitative estimate of drug-likeness (QED) is 0.887. The number of halogens is 2. The van der Waals surface area contributed by atoms with Gasteiger partial charge < -0.3 is 10.2 Å². The molecule has 0 radical (unpaired) electrons. The first-order valence-corrected chi connectivity index (χ1v) is 6.38. The van der Waals surface area contributed by atoms with Crippen molar-refractivity contribution in [1.29, 1.82) is 0 Å². The molecule has 1 aromatic rings. The second kappa shape index (κ2) is 5.25. The molecule has 1 fully saturated rings. The Balaban J connectivity index is 2.24. The Morgan fingerprint density at radius 3 is 2.42 bits per heavy atom. The molecule has 0 unspecified atom stereocenters. The van der Waals surface area contributed by atoms with Gasteiger partial charge in [-0.2, -0.15) is 8.78 Å². The number of rotatable bonds is 2. The number of alkyl halides is 2. The molecule has 1 aromatic carbocycles. The average Bonchev–Trinajstić information content (AvgIpc) is 2.41. The summed E-state index contributed by atoms with van der Waals surface area (Å²) in [6, 6.07) is 4.36. The lowest BCUT2D eigenvalue weighted by atomic mass is 10.0. The molecule has 0 aliphatic carbocycles. The van der Waals surface area contributed by atoms with Gasteiger partial charge in [-0.1, -0.05) is 12.1 Å². The predicted molar refractivity (Wildman–Crippen MR) is 69.3 cm³/mol. The van der Waals surface area contributed by atoms with Crippen molar-refractivity contribution in [3.8, 4) is 0 Å². The van der Waals surface area contributed by atoms with Crippen LogP contribution in [-0.4, -0.2) is 37.0 Å². The Morgan fingerprint density at radius 2 is 1.84 bits per heavy atom. The summed E-state index contributed by atoms with van der Waals surface area (Å²) in [6.07, 6.45) is 0. The molecule has 3 nitrogen and oxygen atoms in total. The monoisotopic (exact) mass is 268 g/mol. The Morgan fingerprint density at radius 1 is 1.21 bits per heavy atom. The van der Waals surface area contributed by atoms with Gasteiger partial charge in [-0.15, -0.1) is 0 Å². The molecule has 5 heteroatoms. The highest BCUT2D eigenvalue weighted by Gasteiger charge is 2.44. The molecule has 1 aliphatic heterocycles. The van der Waals surface area contributed by atoms with Crippen LogP contribution in [0, 0.1) is 13.8 Å². The van der Waals surface area contributed by atoms with E-state index in [1.165, 1.54) is 17.0 Å². The number of aryl methyl sites for hydroxylation is 2. The lowest BCUT2D eigenvalue weighted by molar-refractivity contribution is -0.159. The molecule has 0 saturated carbocycles. The van der Waals surface area contributed by atoms with Crippen LogP contribution in [0.2, 0.25) is 0 Å². The minimum atomic E-state index is -3.45. The minimum Gasteiger partial charge on any atom is -0.335 e. The summed E-state index contributed by atoms with van der Waals surface area (Å²) in [4.78, 5) is 13.2. The van der Waals surface area contributed by atoms with Crippen molar-refractivity contribution >= 4 is 5.91 Å². The second-order valence-electron chi connectivity index (χ2n) is 4.92. The Hall–Kier alpha value is -1.49. The van der Waals surface area contributed by atoms with Crippen LogP contribution in [0.4, 0.5) is 8.78 Å². The molecule has 1 heterocycles. The van der Waals surface area contributed by atoms with Crippen molar-refractivity contribution < 1.29 is 13.6 Å². The van der Waals surface area contributed by atoms with Gasteiger partial charge in [0.05, 0.1) is 0 Å². The van der Waals surface area contributed by atoms with Crippen LogP contribution in [0.25, 0.3) is 0 Å². The number of benzene rings is 1. The number of piperazine rings is 1. The standard InChI is InChI=1S/C14H18F2N2O/c1-10-3-4-12(9-11(10)2)14(15,16)13(19)18-7-5-17-6-8-18/h3-4,9,17H,5-8H2,1-2H3. The number of hydrogen-bond acceptors (Lipinski definition) is 2. The van der Waals surface area contributed by atoms with Crippen LogP contribution < -0.4 is 5.32 Å². The third kappa shape index (κ3) is 2.76. The predicted octanol–water partition coefficient (Wildman–Crippen LogP) is 1.83. The molecule has 2 rings (SSSR count). The SMILES string of the molecule is Cc1ccc(C(F)(F)C(=O)N2CCNCC2)cc1C. The summed E-state index contributed by atoms with van der Waals surface area (Å²) >= 11 is 0. The summed E-state index contributed by atoms with van der Waals surface area (Å²) in [5.74, 6) is -4.55. The van der Waals surface area contributed by atoms with Crippen LogP contribution in [0.15, 0.2) is 18.2 Å². The fraction of sp³-hybridized carbons (Fsp3) is 0.500. The zero-order chi connectivity index (χ0) is 14.0. The highest BCUT2D eigenvalue weighted by Crippen LogP contribution is 2.31. The fourth-order valence-corrected chi connectivity index (χ4v) is 2.13. The number of hydrogen-bond donors (Lipinski definition) is 1. The third-order valence-corrected chi connectivity index (χ3v) is 3.54. The highest BCUT2D eigenvalue weighted by atomic mass is 19.3. The summed E-state index contributed by atoms with van der Waals surface area (Å²) in [5, 5.41) is 3.04. The molecule has 0 atom stereocenters. The van der Waals surface area contributed by atoms with Gasteiger partial charge in [0.2, 0.25) is 0 Å². The lowest BCUT2D eigenvalue weighted by Gasteiger charge is -2.30. The van der Waals surface area contributed by atoms with Crippen molar-refractivity contribution in [3.63, 3.8) is 0 Å². The van der Waals surface area contributed by atoms with Crippen molar-refractivity contribution in [1.82, 2.24) is 10.2 Å². The van der Waals surface area contributed by atoms with Crippen LogP contribution in [0.3, 0.4) is 0 Å². The van der Waals surface area contributed by atoms with E-state index in [9.17, 15) is 13.6 Å². The number of carbonyl (C=O) groups excluding carboxylic acids is 1. The number of nitrogens with zero attached hydrogens (tertiary/aromatic N) is 1. The molecule has 1 saturated heterocycles. The largest absolute Gasteiger partial charge is 0.349 e. The molecular formula is C14H18F2N2O. The van der Waals surface area contributed by atoms with E-state index >= 15 is 0 Å². The first-order chi connectivity index (χ1) is 8.93. The van der Waals surface area contributed by atoms with Crippen molar-refractivity contribution in [3.05, 3.63) is 34.9 Å². The van der Waals surface area contributed by atoms with Crippen LogP contribution in [0.5, 0.6) is 0 Å². The smallest absolute Gasteiger partial charge is 0.335 e. The van der Waals surface area contributed by atoms with E-state index in [0.717, 1.165) is 11.1 Å². The number of amides is 1. The molecule has 1 amide bonds. The second-order valence-corrected chi connectivity index (χ2v) is 4.92. The molecule has 0 bridgehead atoms.